The molecule has 0 saturated carbocycles. The topological polar surface area (TPSA) is 46.9 Å². The first-order chi connectivity index (χ1) is 14.6. The molecule has 4 aromatic rings. The lowest BCUT2D eigenvalue weighted by molar-refractivity contribution is -0.121. The molecule has 0 aliphatic heterocycles. The summed E-state index contributed by atoms with van der Waals surface area (Å²) in [5, 5.41) is 9.62. The molecule has 152 valence electrons. The lowest BCUT2D eigenvalue weighted by Crippen LogP contribution is -2.26. The van der Waals surface area contributed by atoms with Crippen LogP contribution in [0.3, 0.4) is 0 Å². The molecule has 1 unspecified atom stereocenters. The largest absolute Gasteiger partial charge is 0.350 e. The summed E-state index contributed by atoms with van der Waals surface area (Å²) in [5.41, 5.74) is 4.10. The van der Waals surface area contributed by atoms with Crippen LogP contribution >= 0.6 is 11.6 Å². The van der Waals surface area contributed by atoms with Crippen LogP contribution in [0.5, 0.6) is 0 Å². The summed E-state index contributed by atoms with van der Waals surface area (Å²) in [5.74, 6) is 0.0501. The van der Waals surface area contributed by atoms with Gasteiger partial charge in [0.2, 0.25) is 5.91 Å². The van der Waals surface area contributed by atoms with Gasteiger partial charge in [-0.3, -0.25) is 9.48 Å². The Morgan fingerprint density at radius 1 is 1.03 bits per heavy atom. The summed E-state index contributed by atoms with van der Waals surface area (Å²) in [7, 11) is 0. The Morgan fingerprint density at radius 2 is 1.73 bits per heavy atom. The number of carbonyl (C=O) groups excluding carboxylic acids is 1. The molecule has 4 nitrogen and oxygen atoms in total. The number of halogens is 1. The van der Waals surface area contributed by atoms with E-state index >= 15 is 0 Å². The van der Waals surface area contributed by atoms with Crippen molar-refractivity contribution in [2.75, 3.05) is 0 Å². The van der Waals surface area contributed by atoms with Gasteiger partial charge in [0, 0.05) is 28.9 Å². The van der Waals surface area contributed by atoms with Crippen molar-refractivity contribution in [3.8, 4) is 11.3 Å². The minimum absolute atomic E-state index is 0.00365. The number of aromatic nitrogens is 2. The number of nitrogens with one attached hydrogen (secondary N) is 1. The number of amides is 1. The second kappa shape index (κ2) is 9.14. The molecular weight excluding hydrogens is 394 g/mol. The summed E-state index contributed by atoms with van der Waals surface area (Å²) in [6.45, 7) is 2.67. The number of fused-ring (bicyclic) bond motifs is 1. The van der Waals surface area contributed by atoms with E-state index in [-0.39, 0.29) is 11.9 Å². The number of nitrogens with zero attached hydrogens (tertiary/aromatic N) is 2. The van der Waals surface area contributed by atoms with Crippen LogP contribution in [-0.2, 0) is 11.3 Å². The van der Waals surface area contributed by atoms with E-state index in [9.17, 15) is 4.79 Å². The van der Waals surface area contributed by atoms with E-state index in [0.717, 1.165) is 27.7 Å². The Morgan fingerprint density at radius 3 is 2.47 bits per heavy atom. The maximum absolute atomic E-state index is 12.4. The molecule has 0 saturated heterocycles. The van der Waals surface area contributed by atoms with Crippen molar-refractivity contribution in [1.29, 1.82) is 0 Å². The number of rotatable bonds is 7. The van der Waals surface area contributed by atoms with Gasteiger partial charge < -0.3 is 5.32 Å². The number of carbonyl (C=O) groups is 1. The predicted octanol–water partition coefficient (Wildman–Crippen LogP) is 6.01. The van der Waals surface area contributed by atoms with Gasteiger partial charge in [-0.25, -0.2) is 0 Å². The molecule has 3 aromatic carbocycles. The lowest BCUT2D eigenvalue weighted by Gasteiger charge is -2.14. The fourth-order valence-corrected chi connectivity index (χ4v) is 3.83. The van der Waals surface area contributed by atoms with Crippen molar-refractivity contribution in [1.82, 2.24) is 15.1 Å². The first kappa shape index (κ1) is 20.2. The highest BCUT2D eigenvalue weighted by Gasteiger charge is 2.14. The molecule has 1 atom stereocenters. The van der Waals surface area contributed by atoms with Crippen LogP contribution in [0.4, 0.5) is 0 Å². The molecule has 30 heavy (non-hydrogen) atoms. The normalized spacial score (nSPS) is 12.1. The van der Waals surface area contributed by atoms with Crippen molar-refractivity contribution in [3.63, 3.8) is 0 Å². The summed E-state index contributed by atoms with van der Waals surface area (Å²) >= 11 is 6.24. The van der Waals surface area contributed by atoms with E-state index < -0.39 is 0 Å². The van der Waals surface area contributed by atoms with Crippen molar-refractivity contribution in [2.45, 2.75) is 32.4 Å². The van der Waals surface area contributed by atoms with Gasteiger partial charge in [-0.05, 0) is 37.1 Å². The maximum Gasteiger partial charge on any atom is 0.220 e. The molecule has 0 bridgehead atoms. The van der Waals surface area contributed by atoms with Gasteiger partial charge in [0.05, 0.1) is 11.6 Å². The summed E-state index contributed by atoms with van der Waals surface area (Å²) < 4.78 is 1.97. The second-order valence-electron chi connectivity index (χ2n) is 7.40. The van der Waals surface area contributed by atoms with Crippen LogP contribution in [0.2, 0.25) is 5.02 Å². The third-order valence-electron chi connectivity index (χ3n) is 5.21. The molecule has 1 heterocycles. The fraction of sp³-hybridized carbons (Fsp3) is 0.200. The Balaban J connectivity index is 1.45. The second-order valence-corrected chi connectivity index (χ2v) is 7.84. The maximum atomic E-state index is 12.4. The highest BCUT2D eigenvalue weighted by atomic mass is 35.5. The number of hydrogen-bond acceptors (Lipinski definition) is 2. The Bertz CT molecular complexity index is 1140. The summed E-state index contributed by atoms with van der Waals surface area (Å²) in [4.78, 5) is 12.4. The minimum atomic E-state index is -0.00365. The average molecular weight is 418 g/mol. The van der Waals surface area contributed by atoms with E-state index in [1.165, 1.54) is 0 Å². The SMILES string of the molecule is CC(NC(=O)CCCn1nc(-c2ccccc2)c2cc(Cl)ccc21)c1ccccc1. The molecule has 0 fully saturated rings. The van der Waals surface area contributed by atoms with Crippen molar-refractivity contribution >= 4 is 28.4 Å². The van der Waals surface area contributed by atoms with Crippen molar-refractivity contribution in [2.24, 2.45) is 0 Å². The van der Waals surface area contributed by atoms with Crippen molar-refractivity contribution < 1.29 is 4.79 Å². The molecule has 1 amide bonds. The fourth-order valence-electron chi connectivity index (χ4n) is 3.66. The molecule has 1 aromatic heterocycles. The quantitative estimate of drug-likeness (QED) is 0.400. The number of hydrogen-bond donors (Lipinski definition) is 1. The van der Waals surface area contributed by atoms with Crippen LogP contribution in [0, 0.1) is 0 Å². The molecule has 0 aliphatic rings. The van der Waals surface area contributed by atoms with Crippen LogP contribution < -0.4 is 5.32 Å². The highest BCUT2D eigenvalue weighted by Crippen LogP contribution is 2.30. The third-order valence-corrected chi connectivity index (χ3v) is 5.45. The van der Waals surface area contributed by atoms with Crippen LogP contribution in [0.1, 0.15) is 31.4 Å². The zero-order chi connectivity index (χ0) is 20.9. The van der Waals surface area contributed by atoms with E-state index in [0.29, 0.717) is 24.4 Å². The minimum Gasteiger partial charge on any atom is -0.350 e. The average Bonchev–Trinajstić information content (AvgIpc) is 3.12. The first-order valence-corrected chi connectivity index (χ1v) is 10.6. The number of benzene rings is 3. The smallest absolute Gasteiger partial charge is 0.220 e. The number of aryl methyl sites for hydroxylation is 1. The zero-order valence-electron chi connectivity index (χ0n) is 16.9. The van der Waals surface area contributed by atoms with Crippen molar-refractivity contribution in [3.05, 3.63) is 89.4 Å². The van der Waals surface area contributed by atoms with Gasteiger partial charge >= 0.3 is 0 Å². The third kappa shape index (κ3) is 4.55. The Kier molecular flexibility index (Phi) is 6.15. The standard InChI is InChI=1S/C25H24ClN3O/c1-18(19-9-4-2-5-10-19)27-24(30)13-8-16-29-23-15-14-21(26)17-22(23)25(28-29)20-11-6-3-7-12-20/h2-7,9-12,14-15,17-18H,8,13,16H2,1H3,(H,27,30). The van der Waals surface area contributed by atoms with Crippen LogP contribution in [-0.4, -0.2) is 15.7 Å². The first-order valence-electron chi connectivity index (χ1n) is 10.2. The van der Waals surface area contributed by atoms with Gasteiger partial charge in [0.15, 0.2) is 0 Å². The zero-order valence-corrected chi connectivity index (χ0v) is 17.6. The van der Waals surface area contributed by atoms with Gasteiger partial charge in [0.25, 0.3) is 0 Å². The van der Waals surface area contributed by atoms with E-state index in [1.54, 1.807) is 0 Å². The van der Waals surface area contributed by atoms with Gasteiger partial charge in [-0.2, -0.15) is 5.10 Å². The lowest BCUT2D eigenvalue weighted by atomic mass is 10.1. The molecule has 0 spiro atoms. The molecule has 0 aliphatic carbocycles. The van der Waals surface area contributed by atoms with Crippen LogP contribution in [0.25, 0.3) is 22.2 Å². The monoisotopic (exact) mass is 417 g/mol. The molecule has 0 radical (unpaired) electrons. The van der Waals surface area contributed by atoms with Gasteiger partial charge in [-0.15, -0.1) is 0 Å². The van der Waals surface area contributed by atoms with E-state index in [4.69, 9.17) is 16.7 Å². The van der Waals surface area contributed by atoms with Gasteiger partial charge in [0.1, 0.15) is 5.69 Å². The molecule has 1 N–H and O–H groups in total. The predicted molar refractivity (Wildman–Crippen MR) is 122 cm³/mol. The molecular formula is C25H24ClN3O. The summed E-state index contributed by atoms with van der Waals surface area (Å²) in [6.07, 6.45) is 1.16. The Hall–Kier alpha value is -3.11. The van der Waals surface area contributed by atoms with E-state index in [2.05, 4.69) is 5.32 Å². The highest BCUT2D eigenvalue weighted by molar-refractivity contribution is 6.31. The van der Waals surface area contributed by atoms with E-state index in [1.807, 2.05) is 90.5 Å². The molecule has 4 rings (SSSR count). The molecule has 5 heteroatoms. The summed E-state index contributed by atoms with van der Waals surface area (Å²) in [6, 6.07) is 25.9. The van der Waals surface area contributed by atoms with Crippen LogP contribution in [0.15, 0.2) is 78.9 Å². The van der Waals surface area contributed by atoms with Gasteiger partial charge in [-0.1, -0.05) is 72.3 Å². The Labute approximate surface area is 181 Å².